The molecule has 1 aromatic carbocycles. The van der Waals surface area contributed by atoms with Crippen LogP contribution in [0, 0.1) is 18.8 Å². The van der Waals surface area contributed by atoms with Gasteiger partial charge in [0.25, 0.3) is 5.56 Å². The molecule has 158 valence electrons. The monoisotopic (exact) mass is 406 g/mol. The number of likely N-dealkylation sites (tertiary alicyclic amines) is 1. The van der Waals surface area contributed by atoms with E-state index in [1.807, 2.05) is 11.8 Å². The summed E-state index contributed by atoms with van der Waals surface area (Å²) < 4.78 is 1.31. The molecule has 0 saturated carbocycles. The highest BCUT2D eigenvalue weighted by atomic mass is 16.2. The molecule has 1 aromatic heterocycles. The Morgan fingerprint density at radius 3 is 2.73 bits per heavy atom. The Labute approximate surface area is 177 Å². The number of aryl methyl sites for hydroxylation is 1. The minimum Gasteiger partial charge on any atom is -0.340 e. The first-order valence-electron chi connectivity index (χ1n) is 11.2. The van der Waals surface area contributed by atoms with E-state index in [2.05, 4.69) is 40.3 Å². The molecular weight excluding hydrogens is 376 g/mol. The van der Waals surface area contributed by atoms with Crippen LogP contribution in [0.1, 0.15) is 43.0 Å². The van der Waals surface area contributed by atoms with Gasteiger partial charge in [-0.15, -0.1) is 0 Å². The van der Waals surface area contributed by atoms with Crippen LogP contribution in [0.15, 0.2) is 47.3 Å². The highest BCUT2D eigenvalue weighted by Gasteiger charge is 2.45. The third kappa shape index (κ3) is 3.69. The quantitative estimate of drug-likeness (QED) is 0.786. The van der Waals surface area contributed by atoms with Gasteiger partial charge in [-0.1, -0.05) is 30.3 Å². The molecule has 3 saturated heterocycles. The van der Waals surface area contributed by atoms with Crippen LogP contribution >= 0.6 is 0 Å². The van der Waals surface area contributed by atoms with Crippen molar-refractivity contribution in [1.29, 1.82) is 0 Å². The van der Waals surface area contributed by atoms with E-state index in [1.165, 1.54) is 42.0 Å². The van der Waals surface area contributed by atoms with E-state index in [-0.39, 0.29) is 18.0 Å². The molecule has 0 radical (unpaired) electrons. The lowest BCUT2D eigenvalue weighted by molar-refractivity contribution is -0.140. The number of rotatable bonds is 3. The van der Waals surface area contributed by atoms with E-state index < -0.39 is 0 Å². The second-order valence-corrected chi connectivity index (χ2v) is 9.25. The van der Waals surface area contributed by atoms with Crippen molar-refractivity contribution < 1.29 is 4.79 Å². The molecule has 3 fully saturated rings. The van der Waals surface area contributed by atoms with Gasteiger partial charge in [0.2, 0.25) is 5.91 Å². The van der Waals surface area contributed by atoms with Crippen molar-refractivity contribution in [1.82, 2.24) is 19.6 Å². The first-order chi connectivity index (χ1) is 14.6. The zero-order valence-corrected chi connectivity index (χ0v) is 17.6. The molecule has 4 atom stereocenters. The summed E-state index contributed by atoms with van der Waals surface area (Å²) >= 11 is 0. The molecule has 0 unspecified atom stereocenters. The Morgan fingerprint density at radius 1 is 1.07 bits per heavy atom. The smallest absolute Gasteiger partial charge is 0.267 e. The molecule has 1 amide bonds. The van der Waals surface area contributed by atoms with Crippen LogP contribution in [0.5, 0.6) is 0 Å². The highest BCUT2D eigenvalue weighted by Crippen LogP contribution is 2.44. The van der Waals surface area contributed by atoms with E-state index in [4.69, 9.17) is 0 Å². The second-order valence-electron chi connectivity index (χ2n) is 9.25. The van der Waals surface area contributed by atoms with Crippen molar-refractivity contribution in [3.63, 3.8) is 0 Å². The lowest BCUT2D eigenvalue weighted by atomic mass is 9.74. The van der Waals surface area contributed by atoms with Crippen LogP contribution in [0.2, 0.25) is 0 Å². The second kappa shape index (κ2) is 7.99. The maximum atomic E-state index is 13.0. The van der Waals surface area contributed by atoms with Gasteiger partial charge in [0.05, 0.1) is 5.69 Å². The van der Waals surface area contributed by atoms with E-state index in [1.54, 1.807) is 6.07 Å². The zero-order chi connectivity index (χ0) is 20.7. The van der Waals surface area contributed by atoms with Gasteiger partial charge in [0.1, 0.15) is 6.54 Å². The molecule has 6 nitrogen and oxygen atoms in total. The fraction of sp³-hybridized carbons (Fsp3) is 0.542. The molecule has 0 spiro atoms. The van der Waals surface area contributed by atoms with E-state index in [0.717, 1.165) is 25.3 Å². The van der Waals surface area contributed by atoms with Crippen molar-refractivity contribution >= 4 is 5.91 Å². The van der Waals surface area contributed by atoms with Gasteiger partial charge in [0.15, 0.2) is 0 Å². The molecule has 30 heavy (non-hydrogen) atoms. The summed E-state index contributed by atoms with van der Waals surface area (Å²) in [6, 6.07) is 15.1. The first kappa shape index (κ1) is 19.5. The van der Waals surface area contributed by atoms with Gasteiger partial charge in [-0.2, -0.15) is 5.10 Å². The van der Waals surface area contributed by atoms with Crippen LogP contribution in [0.4, 0.5) is 0 Å². The summed E-state index contributed by atoms with van der Waals surface area (Å²) in [6.07, 6.45) is 4.92. The lowest BCUT2D eigenvalue weighted by Crippen LogP contribution is -2.60. The van der Waals surface area contributed by atoms with Crippen molar-refractivity contribution in [3.05, 3.63) is 64.1 Å². The topological polar surface area (TPSA) is 58.4 Å². The van der Waals surface area contributed by atoms with Crippen molar-refractivity contribution in [2.75, 3.05) is 19.6 Å². The number of fused-ring (bicyclic) bond motifs is 4. The number of hydrogen-bond acceptors (Lipinski definition) is 4. The molecule has 3 aliphatic rings. The largest absolute Gasteiger partial charge is 0.340 e. The summed E-state index contributed by atoms with van der Waals surface area (Å²) in [5, 5.41) is 4.24. The van der Waals surface area contributed by atoms with Crippen molar-refractivity contribution in [2.45, 2.75) is 51.2 Å². The number of hydrogen-bond donors (Lipinski definition) is 0. The molecule has 0 N–H and O–H groups in total. The zero-order valence-electron chi connectivity index (χ0n) is 17.6. The summed E-state index contributed by atoms with van der Waals surface area (Å²) in [7, 11) is 0. The van der Waals surface area contributed by atoms with Crippen molar-refractivity contribution in [3.8, 4) is 0 Å². The van der Waals surface area contributed by atoms with Gasteiger partial charge >= 0.3 is 0 Å². The summed E-state index contributed by atoms with van der Waals surface area (Å²) in [5.41, 5.74) is 1.97. The molecule has 3 aliphatic heterocycles. The van der Waals surface area contributed by atoms with Crippen molar-refractivity contribution in [2.24, 2.45) is 11.8 Å². The van der Waals surface area contributed by atoms with Gasteiger partial charge in [-0.25, -0.2) is 4.68 Å². The van der Waals surface area contributed by atoms with E-state index in [0.29, 0.717) is 23.9 Å². The van der Waals surface area contributed by atoms with Gasteiger partial charge < -0.3 is 4.90 Å². The number of benzene rings is 1. The van der Waals surface area contributed by atoms with Gasteiger partial charge in [-0.3, -0.25) is 14.5 Å². The number of nitrogens with zero attached hydrogens (tertiary/aromatic N) is 4. The number of amides is 1. The molecule has 4 heterocycles. The molecule has 2 bridgehead atoms. The normalized spacial score (nSPS) is 28.8. The van der Waals surface area contributed by atoms with Crippen LogP contribution in [-0.2, 0) is 11.3 Å². The van der Waals surface area contributed by atoms with E-state index in [9.17, 15) is 9.59 Å². The molecule has 0 aliphatic carbocycles. The van der Waals surface area contributed by atoms with Crippen LogP contribution in [-0.4, -0.2) is 51.2 Å². The third-order valence-electron chi connectivity index (χ3n) is 7.21. The molecule has 6 heteroatoms. The minimum atomic E-state index is -0.213. The predicted octanol–water partition coefficient (Wildman–Crippen LogP) is 2.63. The maximum Gasteiger partial charge on any atom is 0.267 e. The number of aromatic nitrogens is 2. The maximum absolute atomic E-state index is 13.0. The summed E-state index contributed by atoms with van der Waals surface area (Å²) in [5.74, 6) is 1.05. The molecule has 2 aromatic rings. The summed E-state index contributed by atoms with van der Waals surface area (Å²) in [4.78, 5) is 29.8. The Balaban J connectivity index is 1.31. The Bertz CT molecular complexity index is 973. The Morgan fingerprint density at radius 2 is 1.90 bits per heavy atom. The number of piperidine rings is 3. The average molecular weight is 407 g/mol. The minimum absolute atomic E-state index is 0.0220. The van der Waals surface area contributed by atoms with E-state index >= 15 is 0 Å². The Hall–Kier alpha value is -2.47. The van der Waals surface area contributed by atoms with Gasteiger partial charge in [0, 0.05) is 37.8 Å². The lowest BCUT2D eigenvalue weighted by Gasteiger charge is -2.55. The Kier molecular flexibility index (Phi) is 5.19. The average Bonchev–Trinajstić information content (AvgIpc) is 2.76. The fourth-order valence-electron chi connectivity index (χ4n) is 5.94. The molecular formula is C24H30N4O2. The van der Waals surface area contributed by atoms with Crippen LogP contribution < -0.4 is 5.56 Å². The molecule has 5 rings (SSSR count). The third-order valence-corrected chi connectivity index (χ3v) is 7.21. The van der Waals surface area contributed by atoms with Crippen LogP contribution in [0.3, 0.4) is 0 Å². The van der Waals surface area contributed by atoms with Gasteiger partial charge in [-0.05, 0) is 56.1 Å². The van der Waals surface area contributed by atoms with Crippen LogP contribution in [0.25, 0.3) is 0 Å². The first-order valence-corrected chi connectivity index (χ1v) is 11.2. The highest BCUT2D eigenvalue weighted by molar-refractivity contribution is 5.76. The number of carbonyl (C=O) groups excluding carboxylic acids is 1. The number of carbonyl (C=O) groups is 1. The standard InChI is InChI=1S/C24H30N4O2/c1-17-10-11-23(29)28(25-17)16-24(30)26-13-18-12-20(15-26)22-9-5-8-21(27(22)14-18)19-6-3-2-4-7-19/h2-4,6-7,10-11,18,20-22H,5,8-9,12-16H2,1H3/t18-,20+,21+,22-/m0/s1. The SMILES string of the molecule is Cc1ccc(=O)n(CC(=O)N2C[C@@H]3C[C@H](C2)[C@@H]2CCC[C@H](c4ccccc4)N2C3)n1. The summed E-state index contributed by atoms with van der Waals surface area (Å²) in [6.45, 7) is 4.54. The predicted molar refractivity (Wildman–Crippen MR) is 115 cm³/mol. The fourth-order valence-corrected chi connectivity index (χ4v) is 5.94.